The molecule has 0 atom stereocenters. The van der Waals surface area contributed by atoms with Crippen molar-refractivity contribution in [3.63, 3.8) is 0 Å². The van der Waals surface area contributed by atoms with Gasteiger partial charge in [-0.05, 0) is 61.4 Å². The van der Waals surface area contributed by atoms with Crippen molar-refractivity contribution >= 4 is 45.2 Å². The van der Waals surface area contributed by atoms with E-state index in [-0.39, 0.29) is 24.1 Å². The topological polar surface area (TPSA) is 98.1 Å². The largest absolute Gasteiger partial charge is 0.497 e. The van der Waals surface area contributed by atoms with Gasteiger partial charge in [-0.25, -0.2) is 0 Å². The summed E-state index contributed by atoms with van der Waals surface area (Å²) in [5.41, 5.74) is 3.39. The van der Waals surface area contributed by atoms with Crippen molar-refractivity contribution in [2.75, 3.05) is 18.2 Å². The molecule has 0 saturated carbocycles. The highest BCUT2D eigenvalue weighted by molar-refractivity contribution is 9.10. The van der Waals surface area contributed by atoms with E-state index in [4.69, 9.17) is 4.74 Å². The monoisotopic (exact) mass is 543 g/mol. The Hall–Kier alpha value is -3.11. The Balaban J connectivity index is 1.61. The molecule has 178 valence electrons. The smallest absolute Gasteiger partial charge is 0.251 e. The van der Waals surface area contributed by atoms with Gasteiger partial charge in [-0.1, -0.05) is 33.8 Å². The molecule has 8 nitrogen and oxygen atoms in total. The minimum Gasteiger partial charge on any atom is -0.497 e. The second-order valence-electron chi connectivity index (χ2n) is 7.39. The lowest BCUT2D eigenvalue weighted by atomic mass is 10.1. The van der Waals surface area contributed by atoms with E-state index in [0.717, 1.165) is 21.3 Å². The molecular weight excluding hydrogens is 518 g/mol. The van der Waals surface area contributed by atoms with Crippen LogP contribution in [0.25, 0.3) is 0 Å². The first-order valence-corrected chi connectivity index (χ1v) is 12.3. The number of ether oxygens (including phenoxy) is 1. The van der Waals surface area contributed by atoms with Gasteiger partial charge in [0.25, 0.3) is 5.91 Å². The maximum Gasteiger partial charge on any atom is 0.251 e. The molecule has 2 N–H and O–H groups in total. The van der Waals surface area contributed by atoms with E-state index in [1.807, 2.05) is 30.5 Å². The molecule has 1 aromatic heterocycles. The van der Waals surface area contributed by atoms with Gasteiger partial charge in [-0.2, -0.15) is 0 Å². The fraction of sp³-hybridized carbons (Fsp3) is 0.250. The summed E-state index contributed by atoms with van der Waals surface area (Å²) >= 11 is 4.78. The van der Waals surface area contributed by atoms with E-state index in [9.17, 15) is 9.59 Å². The lowest BCUT2D eigenvalue weighted by molar-refractivity contribution is -0.113. The molecule has 0 radical (unpaired) electrons. The van der Waals surface area contributed by atoms with Crippen molar-refractivity contribution in [3.8, 4) is 5.75 Å². The van der Waals surface area contributed by atoms with Gasteiger partial charge >= 0.3 is 0 Å². The number of nitrogens with one attached hydrogen (secondary N) is 2. The summed E-state index contributed by atoms with van der Waals surface area (Å²) in [5, 5.41) is 14.8. The van der Waals surface area contributed by atoms with Gasteiger partial charge < -0.3 is 19.9 Å². The minimum absolute atomic E-state index is 0.141. The first kappa shape index (κ1) is 25.5. The summed E-state index contributed by atoms with van der Waals surface area (Å²) in [6, 6.07) is 10.6. The summed E-state index contributed by atoms with van der Waals surface area (Å²) in [7, 11) is 1.57. The van der Waals surface area contributed by atoms with Gasteiger partial charge in [-0.3, -0.25) is 9.59 Å². The maximum atomic E-state index is 12.5. The molecule has 0 aliphatic carbocycles. The SMILES string of the molecule is C=CCn1c(CNC(=O)c2ccc(OC)cc2)nnc1SCC(=O)Nc1ccc(Br)c(C)c1C. The first-order chi connectivity index (χ1) is 16.3. The van der Waals surface area contributed by atoms with E-state index in [0.29, 0.717) is 28.8 Å². The van der Waals surface area contributed by atoms with Crippen LogP contribution in [0.4, 0.5) is 5.69 Å². The zero-order valence-electron chi connectivity index (χ0n) is 19.2. The third-order valence-corrected chi connectivity index (χ3v) is 7.02. The molecule has 0 bridgehead atoms. The van der Waals surface area contributed by atoms with Crippen LogP contribution in [0.1, 0.15) is 27.3 Å². The van der Waals surface area contributed by atoms with Crippen LogP contribution in [0.2, 0.25) is 0 Å². The summed E-state index contributed by atoms with van der Waals surface area (Å²) < 4.78 is 7.95. The molecule has 0 unspecified atom stereocenters. The number of amides is 2. The highest BCUT2D eigenvalue weighted by atomic mass is 79.9. The van der Waals surface area contributed by atoms with Crippen molar-refractivity contribution in [1.29, 1.82) is 0 Å². The Bertz CT molecular complexity index is 1190. The van der Waals surface area contributed by atoms with Crippen molar-refractivity contribution in [2.45, 2.75) is 32.1 Å². The number of hydrogen-bond acceptors (Lipinski definition) is 6. The van der Waals surface area contributed by atoms with Gasteiger partial charge in [0.15, 0.2) is 11.0 Å². The van der Waals surface area contributed by atoms with Crippen LogP contribution >= 0.6 is 27.7 Å². The highest BCUT2D eigenvalue weighted by Gasteiger charge is 2.16. The number of halogens is 1. The number of carbonyl (C=O) groups excluding carboxylic acids is 2. The summed E-state index contributed by atoms with van der Waals surface area (Å²) in [6.45, 7) is 8.39. The Kier molecular flexibility index (Phi) is 8.89. The fourth-order valence-electron chi connectivity index (χ4n) is 3.11. The maximum absolute atomic E-state index is 12.5. The van der Waals surface area contributed by atoms with E-state index in [1.165, 1.54) is 11.8 Å². The minimum atomic E-state index is -0.232. The first-order valence-electron chi connectivity index (χ1n) is 10.5. The van der Waals surface area contributed by atoms with Gasteiger partial charge in [0.05, 0.1) is 19.4 Å². The molecule has 3 aromatic rings. The summed E-state index contributed by atoms with van der Waals surface area (Å²) in [6.07, 6.45) is 1.72. The zero-order chi connectivity index (χ0) is 24.7. The molecule has 3 rings (SSSR count). The number of thioether (sulfide) groups is 1. The van der Waals surface area contributed by atoms with Crippen LogP contribution in [0.15, 0.2) is 58.7 Å². The van der Waals surface area contributed by atoms with Crippen LogP contribution in [-0.2, 0) is 17.9 Å². The predicted octanol–water partition coefficient (Wildman–Crippen LogP) is 4.51. The van der Waals surface area contributed by atoms with Crippen molar-refractivity contribution in [3.05, 3.63) is 76.0 Å². The molecule has 0 spiro atoms. The van der Waals surface area contributed by atoms with Gasteiger partial charge in [-0.15, -0.1) is 16.8 Å². The predicted molar refractivity (Wildman–Crippen MR) is 137 cm³/mol. The Labute approximate surface area is 211 Å². The average Bonchev–Trinajstić information content (AvgIpc) is 3.23. The van der Waals surface area contributed by atoms with Gasteiger partial charge in [0.1, 0.15) is 5.75 Å². The second kappa shape index (κ2) is 11.8. The summed E-state index contributed by atoms with van der Waals surface area (Å²) in [4.78, 5) is 25.0. The normalized spacial score (nSPS) is 10.6. The molecule has 1 heterocycles. The van der Waals surface area contributed by atoms with Gasteiger partial charge in [0, 0.05) is 22.3 Å². The molecular formula is C24H26BrN5O3S. The molecule has 0 aliphatic heterocycles. The summed E-state index contributed by atoms with van der Waals surface area (Å²) in [5.74, 6) is 1.05. The van der Waals surface area contributed by atoms with E-state index in [1.54, 1.807) is 37.5 Å². The zero-order valence-corrected chi connectivity index (χ0v) is 21.6. The Morgan fingerprint density at radius 3 is 2.56 bits per heavy atom. The number of benzene rings is 2. The third kappa shape index (κ3) is 6.27. The van der Waals surface area contributed by atoms with Crippen LogP contribution in [0, 0.1) is 13.8 Å². The number of methoxy groups -OCH3 is 1. The Morgan fingerprint density at radius 1 is 1.15 bits per heavy atom. The van der Waals surface area contributed by atoms with Crippen LogP contribution in [-0.4, -0.2) is 39.4 Å². The number of hydrogen-bond donors (Lipinski definition) is 2. The van der Waals surface area contributed by atoms with Crippen LogP contribution < -0.4 is 15.4 Å². The number of rotatable bonds is 10. The van der Waals surface area contributed by atoms with E-state index >= 15 is 0 Å². The second-order valence-corrected chi connectivity index (χ2v) is 9.19. The molecule has 0 fully saturated rings. The van der Waals surface area contributed by atoms with E-state index in [2.05, 4.69) is 43.3 Å². The van der Waals surface area contributed by atoms with Crippen molar-refractivity contribution in [1.82, 2.24) is 20.1 Å². The molecule has 0 saturated heterocycles. The average molecular weight is 544 g/mol. The lowest BCUT2D eigenvalue weighted by Gasteiger charge is -2.12. The number of allylic oxidation sites excluding steroid dienone is 1. The Morgan fingerprint density at radius 2 is 1.88 bits per heavy atom. The molecule has 2 amide bonds. The van der Waals surface area contributed by atoms with Crippen molar-refractivity contribution in [2.24, 2.45) is 0 Å². The molecule has 2 aromatic carbocycles. The third-order valence-electron chi connectivity index (χ3n) is 5.19. The quantitative estimate of drug-likeness (QED) is 0.288. The molecule has 10 heteroatoms. The molecule has 0 aliphatic rings. The number of nitrogens with zero attached hydrogens (tertiary/aromatic N) is 3. The number of carbonyl (C=O) groups is 2. The van der Waals surface area contributed by atoms with Crippen LogP contribution in [0.5, 0.6) is 5.75 Å². The molecule has 34 heavy (non-hydrogen) atoms. The van der Waals surface area contributed by atoms with Gasteiger partial charge in [0.2, 0.25) is 5.91 Å². The fourth-order valence-corrected chi connectivity index (χ4v) is 4.31. The van der Waals surface area contributed by atoms with Crippen LogP contribution in [0.3, 0.4) is 0 Å². The van der Waals surface area contributed by atoms with Crippen molar-refractivity contribution < 1.29 is 14.3 Å². The van der Waals surface area contributed by atoms with E-state index < -0.39 is 0 Å². The number of aromatic nitrogens is 3. The highest BCUT2D eigenvalue weighted by Crippen LogP contribution is 2.26. The standard InChI is InChI=1S/C24H26BrN5O3S/c1-5-12-30-21(13-26-23(32)17-6-8-18(33-4)9-7-17)28-29-24(30)34-14-22(31)27-20-11-10-19(25)15(2)16(20)3/h5-11H,1,12-14H2,2-4H3,(H,26,32)(H,27,31). The lowest BCUT2D eigenvalue weighted by Crippen LogP contribution is -2.24. The number of anilines is 1.